The Morgan fingerprint density at radius 3 is 3.06 bits per heavy atom. The molecule has 0 spiro atoms. The first kappa shape index (κ1) is 10.8. The summed E-state index contributed by atoms with van der Waals surface area (Å²) in [5.74, 6) is 0.167. The number of aromatic carboxylic acids is 1. The van der Waals surface area contributed by atoms with Crippen LogP contribution in [-0.2, 0) is 5.75 Å². The number of furan rings is 1. The third-order valence-electron chi connectivity index (χ3n) is 1.99. The number of aryl methyl sites for hydroxylation is 1. The number of hydrogen-bond acceptors (Lipinski definition) is 4. The van der Waals surface area contributed by atoms with E-state index in [0.717, 1.165) is 5.16 Å². The van der Waals surface area contributed by atoms with Crippen LogP contribution in [0.15, 0.2) is 28.0 Å². The van der Waals surface area contributed by atoms with E-state index in [1.165, 1.54) is 11.8 Å². The van der Waals surface area contributed by atoms with Crippen molar-refractivity contribution in [2.75, 3.05) is 0 Å². The van der Waals surface area contributed by atoms with Gasteiger partial charge in [0.1, 0.15) is 5.76 Å². The molecular weight excluding hydrogens is 228 g/mol. The number of imidazole rings is 1. The number of H-pyrrole nitrogens is 1. The van der Waals surface area contributed by atoms with E-state index < -0.39 is 5.97 Å². The van der Waals surface area contributed by atoms with Crippen LogP contribution in [0.3, 0.4) is 0 Å². The van der Waals surface area contributed by atoms with E-state index in [4.69, 9.17) is 9.52 Å². The normalized spacial score (nSPS) is 10.6. The van der Waals surface area contributed by atoms with Gasteiger partial charge in [0.2, 0.25) is 5.76 Å². The summed E-state index contributed by atoms with van der Waals surface area (Å²) < 4.78 is 5.21. The minimum Gasteiger partial charge on any atom is -0.475 e. The highest BCUT2D eigenvalue weighted by molar-refractivity contribution is 7.98. The third kappa shape index (κ3) is 2.27. The molecule has 0 radical (unpaired) electrons. The van der Waals surface area contributed by atoms with Crippen LogP contribution < -0.4 is 0 Å². The van der Waals surface area contributed by atoms with Gasteiger partial charge in [-0.15, -0.1) is 0 Å². The van der Waals surface area contributed by atoms with Crippen LogP contribution in [0, 0.1) is 6.92 Å². The lowest BCUT2D eigenvalue weighted by atomic mass is 10.3. The molecule has 2 heterocycles. The first-order valence-corrected chi connectivity index (χ1v) is 5.60. The van der Waals surface area contributed by atoms with Gasteiger partial charge in [-0.05, 0) is 13.0 Å². The molecule has 0 saturated heterocycles. The van der Waals surface area contributed by atoms with E-state index in [2.05, 4.69) is 9.97 Å². The van der Waals surface area contributed by atoms with Gasteiger partial charge in [0, 0.05) is 18.0 Å². The zero-order chi connectivity index (χ0) is 11.5. The Morgan fingerprint density at radius 2 is 2.50 bits per heavy atom. The average molecular weight is 238 g/mol. The molecule has 6 heteroatoms. The zero-order valence-electron chi connectivity index (χ0n) is 8.56. The molecule has 0 aliphatic rings. The summed E-state index contributed by atoms with van der Waals surface area (Å²) in [5, 5.41) is 9.60. The van der Waals surface area contributed by atoms with Crippen LogP contribution in [-0.4, -0.2) is 21.0 Å². The summed E-state index contributed by atoms with van der Waals surface area (Å²) in [6, 6.07) is 1.74. The van der Waals surface area contributed by atoms with Crippen molar-refractivity contribution in [3.8, 4) is 0 Å². The van der Waals surface area contributed by atoms with E-state index in [1.54, 1.807) is 25.4 Å². The molecule has 0 aromatic carbocycles. The fourth-order valence-electron chi connectivity index (χ4n) is 1.30. The monoisotopic (exact) mass is 238 g/mol. The molecule has 0 bridgehead atoms. The Kier molecular flexibility index (Phi) is 3.00. The van der Waals surface area contributed by atoms with Crippen LogP contribution in [0.2, 0.25) is 0 Å². The summed E-state index contributed by atoms with van der Waals surface area (Å²) >= 11 is 1.46. The van der Waals surface area contributed by atoms with Gasteiger partial charge < -0.3 is 14.5 Å². The molecule has 0 aliphatic heterocycles. The summed E-state index contributed by atoms with van der Waals surface area (Å²) in [5.41, 5.74) is 0.641. The summed E-state index contributed by atoms with van der Waals surface area (Å²) in [7, 11) is 0. The Labute approximate surface area is 95.9 Å². The van der Waals surface area contributed by atoms with Crippen molar-refractivity contribution < 1.29 is 14.3 Å². The van der Waals surface area contributed by atoms with Crippen LogP contribution in [0.1, 0.15) is 21.9 Å². The molecule has 0 aliphatic carbocycles. The molecule has 84 valence electrons. The number of nitrogens with one attached hydrogen (secondary N) is 1. The molecule has 16 heavy (non-hydrogen) atoms. The minimum atomic E-state index is -1.04. The Bertz CT molecular complexity index is 490. The number of carbonyl (C=O) groups is 1. The summed E-state index contributed by atoms with van der Waals surface area (Å²) in [4.78, 5) is 17.7. The van der Waals surface area contributed by atoms with Crippen LogP contribution >= 0.6 is 11.8 Å². The number of rotatable bonds is 4. The van der Waals surface area contributed by atoms with Crippen LogP contribution in [0.25, 0.3) is 0 Å². The molecule has 5 nitrogen and oxygen atoms in total. The van der Waals surface area contributed by atoms with Crippen molar-refractivity contribution >= 4 is 17.7 Å². The van der Waals surface area contributed by atoms with Crippen molar-refractivity contribution in [1.29, 1.82) is 0 Å². The smallest absolute Gasteiger partial charge is 0.372 e. The number of carboxylic acid groups (broad SMARTS) is 1. The van der Waals surface area contributed by atoms with Crippen molar-refractivity contribution in [3.05, 3.63) is 35.5 Å². The number of hydrogen-bond donors (Lipinski definition) is 2. The molecule has 0 atom stereocenters. The summed E-state index contributed by atoms with van der Waals surface area (Å²) in [6.45, 7) is 1.72. The van der Waals surface area contributed by atoms with Gasteiger partial charge in [0.15, 0.2) is 5.16 Å². The Balaban J connectivity index is 2.05. The topological polar surface area (TPSA) is 79.1 Å². The van der Waals surface area contributed by atoms with Crippen LogP contribution in [0.5, 0.6) is 0 Å². The van der Waals surface area contributed by atoms with E-state index in [0.29, 0.717) is 17.1 Å². The number of nitrogens with zero attached hydrogens (tertiary/aromatic N) is 1. The van der Waals surface area contributed by atoms with Gasteiger partial charge in [-0.3, -0.25) is 0 Å². The predicted molar refractivity (Wildman–Crippen MR) is 58.6 cm³/mol. The lowest BCUT2D eigenvalue weighted by Crippen LogP contribution is -1.94. The van der Waals surface area contributed by atoms with Crippen molar-refractivity contribution in [3.63, 3.8) is 0 Å². The SMILES string of the molecule is Cc1cc(CSc2ncc[nH]2)oc1C(=O)O. The maximum absolute atomic E-state index is 10.7. The van der Waals surface area contributed by atoms with E-state index in [9.17, 15) is 4.79 Å². The first-order valence-electron chi connectivity index (χ1n) is 4.61. The molecule has 2 aromatic rings. The Hall–Kier alpha value is -1.69. The lowest BCUT2D eigenvalue weighted by molar-refractivity contribution is 0.0659. The lowest BCUT2D eigenvalue weighted by Gasteiger charge is -1.93. The predicted octanol–water partition coefficient (Wildman–Crippen LogP) is 2.30. The van der Waals surface area contributed by atoms with Crippen molar-refractivity contribution in [2.24, 2.45) is 0 Å². The third-order valence-corrected chi connectivity index (χ3v) is 2.91. The molecule has 0 amide bonds. The maximum atomic E-state index is 10.7. The molecule has 2 N–H and O–H groups in total. The van der Waals surface area contributed by atoms with Gasteiger partial charge in [0.05, 0.1) is 5.75 Å². The zero-order valence-corrected chi connectivity index (χ0v) is 9.37. The first-order chi connectivity index (χ1) is 7.66. The Morgan fingerprint density at radius 1 is 1.69 bits per heavy atom. The van der Waals surface area contributed by atoms with Crippen LogP contribution in [0.4, 0.5) is 0 Å². The molecule has 2 rings (SSSR count). The largest absolute Gasteiger partial charge is 0.475 e. The molecule has 2 aromatic heterocycles. The summed E-state index contributed by atoms with van der Waals surface area (Å²) in [6.07, 6.45) is 3.40. The number of aromatic nitrogens is 2. The van der Waals surface area contributed by atoms with Gasteiger partial charge in [0.25, 0.3) is 0 Å². The number of carboxylic acids is 1. The standard InChI is InChI=1S/C10H10N2O3S/c1-6-4-7(15-8(6)9(13)14)5-16-10-11-2-3-12-10/h2-4H,5H2,1H3,(H,11,12)(H,13,14). The molecule has 0 unspecified atom stereocenters. The quantitative estimate of drug-likeness (QED) is 0.799. The highest BCUT2D eigenvalue weighted by Gasteiger charge is 2.14. The van der Waals surface area contributed by atoms with Gasteiger partial charge in [-0.2, -0.15) is 0 Å². The van der Waals surface area contributed by atoms with Crippen molar-refractivity contribution in [2.45, 2.75) is 17.8 Å². The van der Waals surface area contributed by atoms with E-state index in [-0.39, 0.29) is 5.76 Å². The second kappa shape index (κ2) is 4.44. The van der Waals surface area contributed by atoms with Gasteiger partial charge in [-0.1, -0.05) is 11.8 Å². The van der Waals surface area contributed by atoms with Gasteiger partial charge in [-0.25, -0.2) is 9.78 Å². The molecule has 0 saturated carbocycles. The van der Waals surface area contributed by atoms with Gasteiger partial charge >= 0.3 is 5.97 Å². The highest BCUT2D eigenvalue weighted by atomic mass is 32.2. The fourth-order valence-corrected chi connectivity index (χ4v) is 2.01. The second-order valence-electron chi connectivity index (χ2n) is 3.21. The fraction of sp³-hybridized carbons (Fsp3) is 0.200. The minimum absolute atomic E-state index is 0.00930. The average Bonchev–Trinajstić information content (AvgIpc) is 2.83. The van der Waals surface area contributed by atoms with Crippen molar-refractivity contribution in [1.82, 2.24) is 9.97 Å². The molecule has 0 fully saturated rings. The molecular formula is C10H10N2O3S. The second-order valence-corrected chi connectivity index (χ2v) is 4.18. The van der Waals surface area contributed by atoms with E-state index in [1.807, 2.05) is 0 Å². The highest BCUT2D eigenvalue weighted by Crippen LogP contribution is 2.22. The number of aromatic amines is 1. The van der Waals surface area contributed by atoms with E-state index >= 15 is 0 Å². The number of thioether (sulfide) groups is 1. The maximum Gasteiger partial charge on any atom is 0.372 e.